The Morgan fingerprint density at radius 1 is 1.82 bits per heavy atom. The van der Waals surface area contributed by atoms with Crippen LogP contribution in [-0.2, 0) is 4.79 Å². The molecule has 0 aromatic carbocycles. The maximum Gasteiger partial charge on any atom is 0.223 e. The molecule has 1 amide bonds. The highest BCUT2D eigenvalue weighted by Gasteiger charge is 2.29. The number of hydrogen-bond acceptors (Lipinski definition) is 2. The lowest BCUT2D eigenvalue weighted by molar-refractivity contribution is -0.122. The van der Waals surface area contributed by atoms with E-state index in [0.717, 1.165) is 6.42 Å². The standard InChI is InChI=1S/C8H13NO2/c1-2-3-6-4-7(5-10)9-8(6)11/h2,6-7,10H,1,3-5H2,(H,9,11)/t6-,7-/m0/s1. The summed E-state index contributed by atoms with van der Waals surface area (Å²) in [6.07, 6.45) is 3.19. The van der Waals surface area contributed by atoms with Crippen molar-refractivity contribution in [3.8, 4) is 0 Å². The molecule has 0 aliphatic carbocycles. The van der Waals surface area contributed by atoms with Crippen LogP contribution in [0.25, 0.3) is 0 Å². The maximum atomic E-state index is 11.1. The summed E-state index contributed by atoms with van der Waals surface area (Å²) in [6.45, 7) is 3.61. The van der Waals surface area contributed by atoms with E-state index in [1.54, 1.807) is 6.08 Å². The molecular formula is C8H13NO2. The molecule has 0 aromatic rings. The highest BCUT2D eigenvalue weighted by atomic mass is 16.3. The second-order valence-corrected chi connectivity index (χ2v) is 2.85. The van der Waals surface area contributed by atoms with Gasteiger partial charge in [0.15, 0.2) is 0 Å². The second-order valence-electron chi connectivity index (χ2n) is 2.85. The summed E-state index contributed by atoms with van der Waals surface area (Å²) < 4.78 is 0. The zero-order valence-corrected chi connectivity index (χ0v) is 6.42. The average Bonchev–Trinajstić information content (AvgIpc) is 2.33. The van der Waals surface area contributed by atoms with E-state index >= 15 is 0 Å². The first-order valence-corrected chi connectivity index (χ1v) is 3.80. The number of nitrogens with one attached hydrogen (secondary N) is 1. The quantitative estimate of drug-likeness (QED) is 0.566. The zero-order chi connectivity index (χ0) is 8.27. The number of carbonyl (C=O) groups is 1. The Hall–Kier alpha value is -0.830. The molecule has 2 N–H and O–H groups in total. The van der Waals surface area contributed by atoms with Gasteiger partial charge in [0.1, 0.15) is 0 Å². The Kier molecular flexibility index (Phi) is 2.65. The molecule has 3 heteroatoms. The lowest BCUT2D eigenvalue weighted by Gasteiger charge is -2.02. The third kappa shape index (κ3) is 1.80. The molecule has 0 spiro atoms. The first kappa shape index (κ1) is 8.27. The van der Waals surface area contributed by atoms with E-state index in [-0.39, 0.29) is 24.5 Å². The fraction of sp³-hybridized carbons (Fsp3) is 0.625. The van der Waals surface area contributed by atoms with Crippen LogP contribution in [0.5, 0.6) is 0 Å². The Morgan fingerprint density at radius 3 is 3.00 bits per heavy atom. The molecule has 62 valence electrons. The van der Waals surface area contributed by atoms with E-state index in [1.807, 2.05) is 0 Å². The third-order valence-corrected chi connectivity index (χ3v) is 1.96. The van der Waals surface area contributed by atoms with Gasteiger partial charge in [-0.25, -0.2) is 0 Å². The molecule has 11 heavy (non-hydrogen) atoms. The van der Waals surface area contributed by atoms with Crippen LogP contribution in [0, 0.1) is 5.92 Å². The molecule has 0 radical (unpaired) electrons. The van der Waals surface area contributed by atoms with E-state index in [4.69, 9.17) is 5.11 Å². The van der Waals surface area contributed by atoms with Crippen molar-refractivity contribution in [1.29, 1.82) is 0 Å². The monoisotopic (exact) mass is 155 g/mol. The number of rotatable bonds is 3. The summed E-state index contributed by atoms with van der Waals surface area (Å²) in [4.78, 5) is 11.1. The van der Waals surface area contributed by atoms with Gasteiger partial charge in [-0.15, -0.1) is 6.58 Å². The smallest absolute Gasteiger partial charge is 0.223 e. The van der Waals surface area contributed by atoms with E-state index in [0.29, 0.717) is 6.42 Å². The van der Waals surface area contributed by atoms with Crippen molar-refractivity contribution in [3.63, 3.8) is 0 Å². The topological polar surface area (TPSA) is 49.3 Å². The molecule has 1 fully saturated rings. The van der Waals surface area contributed by atoms with Crippen LogP contribution in [0.15, 0.2) is 12.7 Å². The number of aliphatic hydroxyl groups is 1. The second kappa shape index (κ2) is 3.53. The molecule has 2 atom stereocenters. The van der Waals surface area contributed by atoms with Gasteiger partial charge in [-0.1, -0.05) is 6.08 Å². The van der Waals surface area contributed by atoms with Gasteiger partial charge in [-0.3, -0.25) is 4.79 Å². The summed E-state index contributed by atoms with van der Waals surface area (Å²) >= 11 is 0. The largest absolute Gasteiger partial charge is 0.394 e. The molecule has 1 heterocycles. The Morgan fingerprint density at radius 2 is 2.55 bits per heavy atom. The van der Waals surface area contributed by atoms with E-state index in [9.17, 15) is 4.79 Å². The lowest BCUT2D eigenvalue weighted by Crippen LogP contribution is -2.28. The van der Waals surface area contributed by atoms with Gasteiger partial charge in [-0.2, -0.15) is 0 Å². The van der Waals surface area contributed by atoms with E-state index < -0.39 is 0 Å². The molecule has 1 saturated heterocycles. The van der Waals surface area contributed by atoms with Crippen molar-refractivity contribution in [2.45, 2.75) is 18.9 Å². The van der Waals surface area contributed by atoms with Crippen LogP contribution in [-0.4, -0.2) is 23.7 Å². The van der Waals surface area contributed by atoms with E-state index in [2.05, 4.69) is 11.9 Å². The predicted octanol–water partition coefficient (Wildman–Crippen LogP) is 0.0595. The van der Waals surface area contributed by atoms with Gasteiger partial charge in [0, 0.05) is 5.92 Å². The molecule has 0 aromatic heterocycles. The molecule has 1 aliphatic rings. The summed E-state index contributed by atoms with van der Waals surface area (Å²) in [5.41, 5.74) is 0. The number of amides is 1. The van der Waals surface area contributed by atoms with Gasteiger partial charge < -0.3 is 10.4 Å². The predicted molar refractivity (Wildman–Crippen MR) is 41.9 cm³/mol. The minimum Gasteiger partial charge on any atom is -0.394 e. The fourth-order valence-corrected chi connectivity index (χ4v) is 1.35. The molecular weight excluding hydrogens is 142 g/mol. The normalized spacial score (nSPS) is 30.1. The van der Waals surface area contributed by atoms with Crippen molar-refractivity contribution in [1.82, 2.24) is 5.32 Å². The molecule has 0 unspecified atom stereocenters. The van der Waals surface area contributed by atoms with Gasteiger partial charge in [0.05, 0.1) is 12.6 Å². The highest BCUT2D eigenvalue weighted by Crippen LogP contribution is 2.18. The number of aliphatic hydroxyl groups excluding tert-OH is 1. The van der Waals surface area contributed by atoms with Gasteiger partial charge in [0.25, 0.3) is 0 Å². The van der Waals surface area contributed by atoms with Gasteiger partial charge in [-0.05, 0) is 12.8 Å². The Labute approximate surface area is 66.1 Å². The third-order valence-electron chi connectivity index (χ3n) is 1.96. The van der Waals surface area contributed by atoms with Crippen LogP contribution in [0.4, 0.5) is 0 Å². The zero-order valence-electron chi connectivity index (χ0n) is 6.42. The minimum atomic E-state index is -0.0348. The van der Waals surface area contributed by atoms with Crippen LogP contribution in [0.2, 0.25) is 0 Å². The summed E-state index contributed by atoms with van der Waals surface area (Å²) in [6, 6.07) is -0.0348. The van der Waals surface area contributed by atoms with Crippen molar-refractivity contribution in [2.24, 2.45) is 5.92 Å². The molecule has 3 nitrogen and oxygen atoms in total. The summed E-state index contributed by atoms with van der Waals surface area (Å²) in [7, 11) is 0. The van der Waals surface area contributed by atoms with Gasteiger partial charge >= 0.3 is 0 Å². The molecule has 0 bridgehead atoms. The van der Waals surface area contributed by atoms with Crippen LogP contribution >= 0.6 is 0 Å². The first-order chi connectivity index (χ1) is 5.27. The van der Waals surface area contributed by atoms with Crippen LogP contribution in [0.1, 0.15) is 12.8 Å². The fourth-order valence-electron chi connectivity index (χ4n) is 1.35. The Bertz CT molecular complexity index is 167. The Balaban J connectivity index is 2.44. The number of hydrogen-bond donors (Lipinski definition) is 2. The van der Waals surface area contributed by atoms with Crippen LogP contribution in [0.3, 0.4) is 0 Å². The van der Waals surface area contributed by atoms with Crippen molar-refractivity contribution < 1.29 is 9.90 Å². The number of allylic oxidation sites excluding steroid dienone is 1. The minimum absolute atomic E-state index is 0.0321. The summed E-state index contributed by atoms with van der Waals surface area (Å²) in [5.74, 6) is 0.0774. The van der Waals surface area contributed by atoms with Crippen molar-refractivity contribution >= 4 is 5.91 Å². The van der Waals surface area contributed by atoms with Crippen LogP contribution < -0.4 is 5.32 Å². The molecule has 1 rings (SSSR count). The van der Waals surface area contributed by atoms with Crippen molar-refractivity contribution in [3.05, 3.63) is 12.7 Å². The van der Waals surface area contributed by atoms with E-state index in [1.165, 1.54) is 0 Å². The first-order valence-electron chi connectivity index (χ1n) is 3.80. The lowest BCUT2D eigenvalue weighted by atomic mass is 10.0. The number of carbonyl (C=O) groups excluding carboxylic acids is 1. The highest BCUT2D eigenvalue weighted by molar-refractivity contribution is 5.81. The SMILES string of the molecule is C=CC[C@H]1C[C@@H](CO)NC1=O. The van der Waals surface area contributed by atoms with Gasteiger partial charge in [0.2, 0.25) is 5.91 Å². The average molecular weight is 155 g/mol. The maximum absolute atomic E-state index is 11.1. The molecule has 0 saturated carbocycles. The summed E-state index contributed by atoms with van der Waals surface area (Å²) in [5, 5.41) is 11.4. The van der Waals surface area contributed by atoms with Crippen molar-refractivity contribution in [2.75, 3.05) is 6.61 Å². The molecule has 1 aliphatic heterocycles.